The van der Waals surface area contributed by atoms with Crippen LogP contribution in [0.25, 0.3) is 0 Å². The molecule has 1 aromatic heterocycles. The molecule has 0 radical (unpaired) electrons. The van der Waals surface area contributed by atoms with Gasteiger partial charge in [-0.2, -0.15) is 0 Å². The van der Waals surface area contributed by atoms with E-state index in [-0.39, 0.29) is 16.7 Å². The lowest BCUT2D eigenvalue weighted by molar-refractivity contribution is -0.133. The van der Waals surface area contributed by atoms with Crippen molar-refractivity contribution >= 4 is 17.7 Å². The van der Waals surface area contributed by atoms with E-state index >= 15 is 0 Å². The van der Waals surface area contributed by atoms with Crippen LogP contribution < -0.4 is 5.84 Å². The number of carbonyl (C=O) groups is 1. The van der Waals surface area contributed by atoms with E-state index in [4.69, 9.17) is 16.1 Å². The van der Waals surface area contributed by atoms with Crippen molar-refractivity contribution in [2.45, 2.75) is 18.2 Å². The lowest BCUT2D eigenvalue weighted by Crippen LogP contribution is -2.16. The van der Waals surface area contributed by atoms with Crippen molar-refractivity contribution in [3.05, 3.63) is 5.82 Å². The van der Waals surface area contributed by atoms with E-state index < -0.39 is 12.1 Å². The van der Waals surface area contributed by atoms with Crippen molar-refractivity contribution in [1.82, 2.24) is 14.9 Å². The van der Waals surface area contributed by atoms with Crippen LogP contribution in [0, 0.1) is 0 Å². The van der Waals surface area contributed by atoms with Crippen molar-refractivity contribution < 1.29 is 15.0 Å². The highest BCUT2D eigenvalue weighted by molar-refractivity contribution is 7.99. The number of aliphatic hydroxyl groups excluding tert-OH is 1. The molecule has 0 saturated heterocycles. The first-order chi connectivity index (χ1) is 6.52. The number of hydrogen-bond acceptors (Lipinski definition) is 6. The van der Waals surface area contributed by atoms with Gasteiger partial charge in [-0.1, -0.05) is 11.8 Å². The number of aromatic nitrogens is 3. The minimum Gasteiger partial charge on any atom is -0.481 e. The molecule has 0 aromatic carbocycles. The zero-order valence-corrected chi connectivity index (χ0v) is 8.23. The molecule has 0 aliphatic rings. The monoisotopic (exact) mass is 218 g/mol. The Morgan fingerprint density at radius 2 is 2.36 bits per heavy atom. The first-order valence-corrected chi connectivity index (χ1v) is 4.74. The smallest absolute Gasteiger partial charge is 0.313 e. The number of hydrogen-bond donors (Lipinski definition) is 3. The molecule has 78 valence electrons. The van der Waals surface area contributed by atoms with Crippen molar-refractivity contribution in [2.24, 2.45) is 0 Å². The van der Waals surface area contributed by atoms with Crippen LogP contribution in [-0.4, -0.2) is 36.8 Å². The molecular weight excluding hydrogens is 208 g/mol. The number of aliphatic hydroxyl groups is 1. The summed E-state index contributed by atoms with van der Waals surface area (Å²) in [4.78, 5) is 10.3. The molecule has 0 fully saturated rings. The third-order valence-electron chi connectivity index (χ3n) is 1.39. The van der Waals surface area contributed by atoms with Gasteiger partial charge in [0.2, 0.25) is 5.16 Å². The van der Waals surface area contributed by atoms with Gasteiger partial charge in [-0.15, -0.1) is 10.2 Å². The van der Waals surface area contributed by atoms with Crippen LogP contribution in [0.2, 0.25) is 0 Å². The van der Waals surface area contributed by atoms with Gasteiger partial charge < -0.3 is 16.1 Å². The summed E-state index contributed by atoms with van der Waals surface area (Å²) in [5.74, 6) is 4.61. The second kappa shape index (κ2) is 4.29. The third kappa shape index (κ3) is 2.36. The van der Waals surface area contributed by atoms with E-state index in [1.54, 1.807) is 0 Å². The Morgan fingerprint density at radius 3 is 2.79 bits per heavy atom. The summed E-state index contributed by atoms with van der Waals surface area (Å²) < 4.78 is 1.08. The van der Waals surface area contributed by atoms with Crippen LogP contribution in [0.15, 0.2) is 5.16 Å². The van der Waals surface area contributed by atoms with E-state index in [0.717, 1.165) is 16.4 Å². The Hall–Kier alpha value is -1.28. The number of carboxylic acid groups (broad SMARTS) is 1. The van der Waals surface area contributed by atoms with Gasteiger partial charge in [0.1, 0.15) is 6.10 Å². The summed E-state index contributed by atoms with van der Waals surface area (Å²) in [5.41, 5.74) is 0. The van der Waals surface area contributed by atoms with Crippen LogP contribution in [0.5, 0.6) is 0 Å². The lowest BCUT2D eigenvalue weighted by Gasteiger charge is -2.03. The van der Waals surface area contributed by atoms with Gasteiger partial charge in [-0.05, 0) is 6.92 Å². The van der Waals surface area contributed by atoms with Gasteiger partial charge >= 0.3 is 5.97 Å². The molecule has 0 amide bonds. The standard InChI is InChI=1S/C6H10N4O3S/c1-3(11)5-8-9-6(10(5)7)14-2-4(12)13/h3,11H,2,7H2,1H3,(H,12,13). The number of aliphatic carboxylic acids is 1. The van der Waals surface area contributed by atoms with Gasteiger partial charge in [-0.3, -0.25) is 4.79 Å². The van der Waals surface area contributed by atoms with E-state index in [9.17, 15) is 4.79 Å². The third-order valence-corrected chi connectivity index (χ3v) is 2.32. The Bertz CT molecular complexity index is 338. The van der Waals surface area contributed by atoms with Crippen LogP contribution in [0.4, 0.5) is 0 Å². The van der Waals surface area contributed by atoms with E-state index in [2.05, 4.69) is 10.2 Å². The molecule has 1 heterocycles. The fraction of sp³-hybridized carbons (Fsp3) is 0.500. The highest BCUT2D eigenvalue weighted by Gasteiger charge is 2.14. The number of carboxylic acids is 1. The molecule has 0 saturated carbocycles. The normalized spacial score (nSPS) is 12.7. The molecule has 0 aliphatic heterocycles. The van der Waals surface area contributed by atoms with Crippen LogP contribution in [-0.2, 0) is 4.79 Å². The number of nitrogens with two attached hydrogens (primary N) is 1. The molecule has 7 nitrogen and oxygen atoms in total. The molecule has 1 unspecified atom stereocenters. The number of thioether (sulfide) groups is 1. The van der Waals surface area contributed by atoms with Gasteiger partial charge in [0.05, 0.1) is 5.75 Å². The Morgan fingerprint density at radius 1 is 1.71 bits per heavy atom. The summed E-state index contributed by atoms with van der Waals surface area (Å²) in [6.45, 7) is 1.50. The minimum absolute atomic E-state index is 0.144. The quantitative estimate of drug-likeness (QED) is 0.448. The van der Waals surface area contributed by atoms with E-state index in [1.807, 2.05) is 0 Å². The zero-order valence-electron chi connectivity index (χ0n) is 7.41. The Kier molecular flexibility index (Phi) is 3.31. The first kappa shape index (κ1) is 10.8. The molecule has 4 N–H and O–H groups in total. The maximum Gasteiger partial charge on any atom is 0.313 e. The largest absolute Gasteiger partial charge is 0.481 e. The van der Waals surface area contributed by atoms with E-state index in [0.29, 0.717) is 0 Å². The molecule has 0 aliphatic carbocycles. The molecule has 1 aromatic rings. The molecule has 1 rings (SSSR count). The molecule has 8 heteroatoms. The topological polar surface area (TPSA) is 114 Å². The maximum atomic E-state index is 10.3. The van der Waals surface area contributed by atoms with Gasteiger partial charge in [0.15, 0.2) is 5.82 Å². The minimum atomic E-state index is -0.961. The van der Waals surface area contributed by atoms with Crippen molar-refractivity contribution in [3.8, 4) is 0 Å². The van der Waals surface area contributed by atoms with Crippen LogP contribution in [0.1, 0.15) is 18.9 Å². The van der Waals surface area contributed by atoms with Gasteiger partial charge in [0.25, 0.3) is 0 Å². The van der Waals surface area contributed by atoms with Crippen LogP contribution in [0.3, 0.4) is 0 Å². The summed E-state index contributed by atoms with van der Waals surface area (Å²) >= 11 is 0.947. The fourth-order valence-electron chi connectivity index (χ4n) is 0.798. The molecular formula is C6H10N4O3S. The van der Waals surface area contributed by atoms with Crippen molar-refractivity contribution in [3.63, 3.8) is 0 Å². The van der Waals surface area contributed by atoms with Crippen LogP contribution >= 0.6 is 11.8 Å². The van der Waals surface area contributed by atoms with Crippen molar-refractivity contribution in [1.29, 1.82) is 0 Å². The second-order valence-electron chi connectivity index (χ2n) is 2.57. The van der Waals surface area contributed by atoms with Crippen molar-refractivity contribution in [2.75, 3.05) is 11.6 Å². The predicted molar refractivity (Wildman–Crippen MR) is 49.2 cm³/mol. The first-order valence-electron chi connectivity index (χ1n) is 3.75. The second-order valence-corrected chi connectivity index (χ2v) is 3.51. The summed E-state index contributed by atoms with van der Waals surface area (Å²) in [5, 5.41) is 25.1. The SMILES string of the molecule is CC(O)c1nnc(SCC(=O)O)n1N. The zero-order chi connectivity index (χ0) is 10.7. The highest BCUT2D eigenvalue weighted by Crippen LogP contribution is 2.16. The molecule has 1 atom stereocenters. The Balaban J connectivity index is 2.74. The fourth-order valence-corrected chi connectivity index (χ4v) is 1.38. The average Bonchev–Trinajstić information content (AvgIpc) is 2.43. The maximum absolute atomic E-state index is 10.3. The summed E-state index contributed by atoms with van der Waals surface area (Å²) in [6, 6.07) is 0. The summed E-state index contributed by atoms with van der Waals surface area (Å²) in [7, 11) is 0. The summed E-state index contributed by atoms with van der Waals surface area (Å²) in [6.07, 6.45) is -0.827. The molecule has 0 bridgehead atoms. The molecule has 14 heavy (non-hydrogen) atoms. The predicted octanol–water partition coefficient (Wildman–Crippen LogP) is -0.778. The van der Waals surface area contributed by atoms with E-state index in [1.165, 1.54) is 6.92 Å². The number of rotatable bonds is 4. The Labute approximate surface area is 83.9 Å². The molecule has 0 spiro atoms. The van der Waals surface area contributed by atoms with Gasteiger partial charge in [0, 0.05) is 0 Å². The highest BCUT2D eigenvalue weighted by atomic mass is 32.2. The van der Waals surface area contributed by atoms with Gasteiger partial charge in [-0.25, -0.2) is 4.68 Å². The number of nitrogens with zero attached hydrogens (tertiary/aromatic N) is 3. The average molecular weight is 218 g/mol. The lowest BCUT2D eigenvalue weighted by atomic mass is 10.4. The number of nitrogen functional groups attached to an aromatic ring is 1.